The molecule has 0 atom stereocenters. The summed E-state index contributed by atoms with van der Waals surface area (Å²) in [5.41, 5.74) is 2.25. The monoisotopic (exact) mass is 284 g/mol. The summed E-state index contributed by atoms with van der Waals surface area (Å²) < 4.78 is 1.54. The molecule has 0 aliphatic rings. The van der Waals surface area contributed by atoms with Crippen molar-refractivity contribution in [2.45, 2.75) is 0 Å². The SMILES string of the molecule is Cn1nccc1C(=O)Nc1cccc(-c2nccs2)c1. The molecule has 0 radical (unpaired) electrons. The average Bonchev–Trinajstić information content (AvgIpc) is 3.09. The van der Waals surface area contributed by atoms with E-state index in [1.165, 1.54) is 0 Å². The number of thiazole rings is 1. The van der Waals surface area contributed by atoms with Crippen LogP contribution in [0.2, 0.25) is 0 Å². The highest BCUT2D eigenvalue weighted by Gasteiger charge is 2.10. The van der Waals surface area contributed by atoms with Crippen molar-refractivity contribution in [3.63, 3.8) is 0 Å². The smallest absolute Gasteiger partial charge is 0.273 e. The molecule has 0 saturated carbocycles. The number of amides is 1. The summed E-state index contributed by atoms with van der Waals surface area (Å²) in [5, 5.41) is 9.71. The molecule has 20 heavy (non-hydrogen) atoms. The summed E-state index contributed by atoms with van der Waals surface area (Å²) in [6, 6.07) is 9.31. The first-order valence-electron chi connectivity index (χ1n) is 6.03. The van der Waals surface area contributed by atoms with Crippen LogP contribution < -0.4 is 5.32 Å². The Morgan fingerprint density at radius 3 is 2.90 bits per heavy atom. The summed E-state index contributed by atoms with van der Waals surface area (Å²) in [6.45, 7) is 0. The van der Waals surface area contributed by atoms with Gasteiger partial charge < -0.3 is 5.32 Å². The highest BCUT2D eigenvalue weighted by atomic mass is 32.1. The Labute approximate surface area is 119 Å². The minimum Gasteiger partial charge on any atom is -0.321 e. The third-order valence-electron chi connectivity index (χ3n) is 2.85. The average molecular weight is 284 g/mol. The number of carbonyl (C=O) groups is 1. The summed E-state index contributed by atoms with van der Waals surface area (Å²) in [4.78, 5) is 16.4. The number of anilines is 1. The van der Waals surface area contributed by atoms with Gasteiger partial charge in [0.25, 0.3) is 5.91 Å². The van der Waals surface area contributed by atoms with Gasteiger partial charge in [0.15, 0.2) is 0 Å². The van der Waals surface area contributed by atoms with E-state index < -0.39 is 0 Å². The molecular weight excluding hydrogens is 272 g/mol. The lowest BCUT2D eigenvalue weighted by Gasteiger charge is -2.06. The fraction of sp³-hybridized carbons (Fsp3) is 0.0714. The number of carbonyl (C=O) groups excluding carboxylic acids is 1. The van der Waals surface area contributed by atoms with Crippen molar-refractivity contribution in [1.29, 1.82) is 0 Å². The Bertz CT molecular complexity index is 733. The zero-order valence-electron chi connectivity index (χ0n) is 10.8. The lowest BCUT2D eigenvalue weighted by Crippen LogP contribution is -2.16. The minimum absolute atomic E-state index is 0.179. The third kappa shape index (κ3) is 2.46. The molecule has 0 bridgehead atoms. The molecule has 5 nitrogen and oxygen atoms in total. The van der Waals surface area contributed by atoms with Crippen LogP contribution in [0.1, 0.15) is 10.5 Å². The highest BCUT2D eigenvalue weighted by Crippen LogP contribution is 2.24. The normalized spacial score (nSPS) is 10.4. The van der Waals surface area contributed by atoms with Crippen LogP contribution in [0.4, 0.5) is 5.69 Å². The van der Waals surface area contributed by atoms with Crippen LogP contribution in [0.15, 0.2) is 48.1 Å². The lowest BCUT2D eigenvalue weighted by atomic mass is 10.2. The van der Waals surface area contributed by atoms with Crippen LogP contribution in [0.3, 0.4) is 0 Å². The van der Waals surface area contributed by atoms with Crippen molar-refractivity contribution in [3.8, 4) is 10.6 Å². The van der Waals surface area contributed by atoms with Gasteiger partial charge in [0.2, 0.25) is 0 Å². The number of nitrogens with zero attached hydrogens (tertiary/aromatic N) is 3. The molecule has 6 heteroatoms. The van der Waals surface area contributed by atoms with Gasteiger partial charge in [-0.05, 0) is 18.2 Å². The summed E-state index contributed by atoms with van der Waals surface area (Å²) in [7, 11) is 1.74. The molecule has 0 aliphatic heterocycles. The number of hydrogen-bond acceptors (Lipinski definition) is 4. The van der Waals surface area contributed by atoms with Crippen LogP contribution >= 0.6 is 11.3 Å². The van der Waals surface area contributed by atoms with E-state index >= 15 is 0 Å². The first-order chi connectivity index (χ1) is 9.74. The third-order valence-corrected chi connectivity index (χ3v) is 3.68. The van der Waals surface area contributed by atoms with Gasteiger partial charge in [-0.3, -0.25) is 9.48 Å². The Morgan fingerprint density at radius 2 is 2.20 bits per heavy atom. The number of hydrogen-bond donors (Lipinski definition) is 1. The zero-order valence-corrected chi connectivity index (χ0v) is 11.6. The van der Waals surface area contributed by atoms with E-state index in [0.717, 1.165) is 16.3 Å². The molecule has 0 aliphatic carbocycles. The summed E-state index contributed by atoms with van der Waals surface area (Å²) >= 11 is 1.57. The standard InChI is InChI=1S/C14H12N4OS/c1-18-12(5-6-16-18)13(19)17-11-4-2-3-10(9-11)14-15-7-8-20-14/h2-9H,1H3,(H,17,19). The van der Waals surface area contributed by atoms with E-state index in [1.54, 1.807) is 41.5 Å². The molecular formula is C14H12N4OS. The van der Waals surface area contributed by atoms with E-state index in [4.69, 9.17) is 0 Å². The molecule has 2 heterocycles. The van der Waals surface area contributed by atoms with Gasteiger partial charge in [0, 0.05) is 36.1 Å². The quantitative estimate of drug-likeness (QED) is 0.804. The van der Waals surface area contributed by atoms with Gasteiger partial charge in [-0.15, -0.1) is 11.3 Å². The number of aromatic nitrogens is 3. The second-order valence-electron chi connectivity index (χ2n) is 4.21. The summed E-state index contributed by atoms with van der Waals surface area (Å²) in [5.74, 6) is -0.179. The van der Waals surface area contributed by atoms with Crippen molar-refractivity contribution >= 4 is 22.9 Å². The van der Waals surface area contributed by atoms with E-state index in [-0.39, 0.29) is 5.91 Å². The Balaban J connectivity index is 1.83. The van der Waals surface area contributed by atoms with Gasteiger partial charge >= 0.3 is 0 Å². The first-order valence-corrected chi connectivity index (χ1v) is 6.91. The molecule has 0 fully saturated rings. The Hall–Kier alpha value is -2.47. The van der Waals surface area contributed by atoms with E-state index in [0.29, 0.717) is 5.69 Å². The van der Waals surface area contributed by atoms with Gasteiger partial charge in [-0.25, -0.2) is 4.98 Å². The minimum atomic E-state index is -0.179. The molecule has 0 spiro atoms. The zero-order chi connectivity index (χ0) is 13.9. The van der Waals surface area contributed by atoms with Crippen molar-refractivity contribution in [2.24, 2.45) is 7.05 Å². The number of nitrogens with one attached hydrogen (secondary N) is 1. The van der Waals surface area contributed by atoms with Crippen LogP contribution in [-0.2, 0) is 7.05 Å². The summed E-state index contributed by atoms with van der Waals surface area (Å²) in [6.07, 6.45) is 3.36. The van der Waals surface area contributed by atoms with Crippen LogP contribution in [0, 0.1) is 0 Å². The molecule has 3 rings (SSSR count). The second-order valence-corrected chi connectivity index (χ2v) is 5.11. The number of benzene rings is 1. The van der Waals surface area contributed by atoms with Gasteiger partial charge in [-0.1, -0.05) is 12.1 Å². The molecule has 0 unspecified atom stereocenters. The molecule has 1 aromatic carbocycles. The number of rotatable bonds is 3. The van der Waals surface area contributed by atoms with Crippen molar-refractivity contribution < 1.29 is 4.79 Å². The van der Waals surface area contributed by atoms with E-state index in [9.17, 15) is 4.79 Å². The number of aryl methyl sites for hydroxylation is 1. The fourth-order valence-corrected chi connectivity index (χ4v) is 2.52. The largest absolute Gasteiger partial charge is 0.321 e. The van der Waals surface area contributed by atoms with Gasteiger partial charge in [0.1, 0.15) is 10.7 Å². The van der Waals surface area contributed by atoms with Crippen LogP contribution in [0.5, 0.6) is 0 Å². The predicted molar refractivity (Wildman–Crippen MR) is 78.7 cm³/mol. The first kappa shape index (κ1) is 12.6. The maximum atomic E-state index is 12.1. The molecule has 0 saturated heterocycles. The molecule has 1 N–H and O–H groups in total. The van der Waals surface area contributed by atoms with Crippen LogP contribution in [-0.4, -0.2) is 20.7 Å². The Morgan fingerprint density at radius 1 is 1.30 bits per heavy atom. The lowest BCUT2D eigenvalue weighted by molar-refractivity contribution is 0.101. The van der Waals surface area contributed by atoms with Gasteiger partial charge in [0.05, 0.1) is 0 Å². The van der Waals surface area contributed by atoms with Crippen molar-refractivity contribution in [1.82, 2.24) is 14.8 Å². The van der Waals surface area contributed by atoms with Gasteiger partial charge in [-0.2, -0.15) is 5.10 Å². The van der Waals surface area contributed by atoms with Crippen molar-refractivity contribution in [2.75, 3.05) is 5.32 Å². The topological polar surface area (TPSA) is 59.8 Å². The second kappa shape index (κ2) is 5.26. The molecule has 3 aromatic rings. The Kier molecular flexibility index (Phi) is 3.30. The molecule has 2 aromatic heterocycles. The predicted octanol–water partition coefficient (Wildman–Crippen LogP) is 2.80. The fourth-order valence-electron chi connectivity index (χ4n) is 1.89. The maximum absolute atomic E-state index is 12.1. The molecule has 1 amide bonds. The highest BCUT2D eigenvalue weighted by molar-refractivity contribution is 7.13. The van der Waals surface area contributed by atoms with Crippen LogP contribution in [0.25, 0.3) is 10.6 Å². The molecule has 100 valence electrons. The van der Waals surface area contributed by atoms with E-state index in [2.05, 4.69) is 15.4 Å². The van der Waals surface area contributed by atoms with E-state index in [1.807, 2.05) is 29.6 Å². The maximum Gasteiger partial charge on any atom is 0.273 e. The van der Waals surface area contributed by atoms with Crippen molar-refractivity contribution in [3.05, 3.63) is 53.8 Å².